The highest BCUT2D eigenvalue weighted by molar-refractivity contribution is 7.98. The molecule has 0 aliphatic heterocycles. The van der Waals surface area contributed by atoms with Crippen LogP contribution >= 0.6 is 11.8 Å². The Kier molecular flexibility index (Phi) is 4.86. The minimum atomic E-state index is -0.626. The Morgan fingerprint density at radius 1 is 1.43 bits per heavy atom. The first-order valence-corrected chi connectivity index (χ1v) is 7.22. The molecule has 0 atom stereocenters. The van der Waals surface area contributed by atoms with Crippen molar-refractivity contribution < 1.29 is 9.31 Å². The molecule has 2 aromatic rings. The number of hydrogen-bond donors (Lipinski definition) is 1. The van der Waals surface area contributed by atoms with E-state index in [1.54, 1.807) is 0 Å². The van der Waals surface area contributed by atoms with Crippen LogP contribution in [0.25, 0.3) is 0 Å². The van der Waals surface area contributed by atoms with Crippen molar-refractivity contribution in [3.05, 3.63) is 45.5 Å². The van der Waals surface area contributed by atoms with Crippen LogP contribution in [0.1, 0.15) is 18.3 Å². The summed E-state index contributed by atoms with van der Waals surface area (Å²) in [6, 6.07) is 3.53. The molecule has 0 radical (unpaired) electrons. The van der Waals surface area contributed by atoms with Crippen LogP contribution in [-0.2, 0) is 18.8 Å². The van der Waals surface area contributed by atoms with Crippen molar-refractivity contribution in [3.63, 3.8) is 0 Å². The minimum absolute atomic E-state index is 0.259. The zero-order valence-corrected chi connectivity index (χ0v) is 12.1. The van der Waals surface area contributed by atoms with E-state index in [0.29, 0.717) is 28.8 Å². The van der Waals surface area contributed by atoms with Gasteiger partial charge in [0.1, 0.15) is 11.6 Å². The molecule has 0 aliphatic rings. The molecule has 2 rings (SSSR count). The molecule has 0 saturated heterocycles. The molecule has 7 nitrogen and oxygen atoms in total. The first-order chi connectivity index (χ1) is 10.0. The molecule has 0 unspecified atom stereocenters. The third-order valence-electron chi connectivity index (χ3n) is 2.81. The number of aromatic nitrogens is 3. The van der Waals surface area contributed by atoms with E-state index in [-0.39, 0.29) is 12.2 Å². The smallest absolute Gasteiger partial charge is 0.272 e. The number of rotatable bonds is 6. The number of thioether (sulfide) groups is 1. The quantitative estimate of drug-likeness (QED) is 0.498. The third-order valence-corrected chi connectivity index (χ3v) is 3.85. The lowest BCUT2D eigenvalue weighted by atomic mass is 10.2. The fourth-order valence-corrected chi connectivity index (χ4v) is 2.82. The van der Waals surface area contributed by atoms with Gasteiger partial charge in [-0.1, -0.05) is 11.8 Å². The van der Waals surface area contributed by atoms with Crippen LogP contribution in [0.5, 0.6) is 0 Å². The molecule has 0 spiro atoms. The van der Waals surface area contributed by atoms with E-state index in [1.165, 1.54) is 23.9 Å². The Balaban J connectivity index is 2.16. The average Bonchev–Trinajstić information content (AvgIpc) is 2.86. The van der Waals surface area contributed by atoms with E-state index in [4.69, 9.17) is 5.73 Å². The Hall–Kier alpha value is -2.00. The maximum atomic E-state index is 13.4. The van der Waals surface area contributed by atoms with Gasteiger partial charge >= 0.3 is 0 Å². The SMILES string of the molecule is CCn1c(CN)nnc1SCc1cc(F)cc([N+](=O)[O-])c1. The molecular weight excluding hydrogens is 297 g/mol. The van der Waals surface area contributed by atoms with Crippen molar-refractivity contribution in [2.24, 2.45) is 5.73 Å². The standard InChI is InChI=1S/C12H14FN5O2S/c1-2-17-11(6-14)15-16-12(17)21-7-8-3-9(13)5-10(4-8)18(19)20/h3-5H,2,6-7,14H2,1H3. The largest absolute Gasteiger partial charge is 0.324 e. The van der Waals surface area contributed by atoms with E-state index in [1.807, 2.05) is 11.5 Å². The number of halogens is 1. The molecule has 9 heteroatoms. The predicted molar refractivity (Wildman–Crippen MR) is 76.2 cm³/mol. The van der Waals surface area contributed by atoms with Crippen LogP contribution in [0.3, 0.4) is 0 Å². The molecule has 0 amide bonds. The first-order valence-electron chi connectivity index (χ1n) is 6.24. The summed E-state index contributed by atoms with van der Waals surface area (Å²) in [7, 11) is 0. The number of non-ortho nitro benzene ring substituents is 1. The van der Waals surface area contributed by atoms with E-state index in [0.717, 1.165) is 6.07 Å². The molecule has 0 bridgehead atoms. The normalized spacial score (nSPS) is 10.8. The predicted octanol–water partition coefficient (Wildman–Crippen LogP) is 2.10. The summed E-state index contributed by atoms with van der Waals surface area (Å²) in [5.74, 6) is 0.408. The van der Waals surface area contributed by atoms with Gasteiger partial charge in [0.15, 0.2) is 5.16 Å². The second kappa shape index (κ2) is 6.64. The lowest BCUT2D eigenvalue weighted by Gasteiger charge is -2.06. The number of hydrogen-bond acceptors (Lipinski definition) is 6. The summed E-state index contributed by atoms with van der Waals surface area (Å²) in [6.45, 7) is 2.90. The van der Waals surface area contributed by atoms with Gasteiger partial charge in [0, 0.05) is 18.4 Å². The Morgan fingerprint density at radius 2 is 2.19 bits per heavy atom. The highest BCUT2D eigenvalue weighted by Gasteiger charge is 2.13. The highest BCUT2D eigenvalue weighted by Crippen LogP contribution is 2.25. The van der Waals surface area contributed by atoms with E-state index < -0.39 is 10.7 Å². The minimum Gasteiger partial charge on any atom is -0.324 e. The molecule has 1 aromatic carbocycles. The van der Waals surface area contributed by atoms with E-state index in [9.17, 15) is 14.5 Å². The second-order valence-electron chi connectivity index (χ2n) is 4.21. The summed E-state index contributed by atoms with van der Waals surface area (Å²) in [5, 5.41) is 19.4. The van der Waals surface area contributed by atoms with Crippen LogP contribution < -0.4 is 5.73 Å². The molecule has 0 fully saturated rings. The maximum Gasteiger partial charge on any atom is 0.272 e. The lowest BCUT2D eigenvalue weighted by molar-refractivity contribution is -0.385. The second-order valence-corrected chi connectivity index (χ2v) is 5.15. The third kappa shape index (κ3) is 3.56. The molecule has 0 aliphatic carbocycles. The van der Waals surface area contributed by atoms with Gasteiger partial charge in [-0.3, -0.25) is 10.1 Å². The monoisotopic (exact) mass is 311 g/mol. The van der Waals surface area contributed by atoms with Gasteiger partial charge in [0.05, 0.1) is 17.5 Å². The number of nitro benzene ring substituents is 1. The number of nitrogens with zero attached hydrogens (tertiary/aromatic N) is 4. The van der Waals surface area contributed by atoms with Gasteiger partial charge in [-0.15, -0.1) is 10.2 Å². The zero-order valence-electron chi connectivity index (χ0n) is 11.3. The Morgan fingerprint density at radius 3 is 2.81 bits per heavy atom. The first kappa shape index (κ1) is 15.4. The Labute approximate surface area is 124 Å². The average molecular weight is 311 g/mol. The van der Waals surface area contributed by atoms with Gasteiger partial charge in [0.25, 0.3) is 5.69 Å². The molecular formula is C12H14FN5O2S. The number of nitrogens with two attached hydrogens (primary N) is 1. The Bertz CT molecular complexity index is 661. The van der Waals surface area contributed by atoms with Crippen molar-refractivity contribution in [3.8, 4) is 0 Å². The van der Waals surface area contributed by atoms with Crippen LogP contribution in [0.15, 0.2) is 23.4 Å². The molecule has 2 N–H and O–H groups in total. The van der Waals surface area contributed by atoms with Crippen LogP contribution in [-0.4, -0.2) is 19.7 Å². The summed E-state index contributed by atoms with van der Waals surface area (Å²) < 4.78 is 15.2. The van der Waals surface area contributed by atoms with Crippen molar-refractivity contribution in [1.82, 2.24) is 14.8 Å². The summed E-state index contributed by atoms with van der Waals surface area (Å²) in [4.78, 5) is 10.1. The van der Waals surface area contributed by atoms with Crippen molar-refractivity contribution in [1.29, 1.82) is 0 Å². The summed E-state index contributed by atoms with van der Waals surface area (Å²) in [6.07, 6.45) is 0. The van der Waals surface area contributed by atoms with Crippen molar-refractivity contribution >= 4 is 17.4 Å². The van der Waals surface area contributed by atoms with E-state index in [2.05, 4.69) is 10.2 Å². The van der Waals surface area contributed by atoms with Gasteiger partial charge in [-0.2, -0.15) is 0 Å². The van der Waals surface area contributed by atoms with Gasteiger partial charge < -0.3 is 10.3 Å². The van der Waals surface area contributed by atoms with Crippen molar-refractivity contribution in [2.75, 3.05) is 0 Å². The van der Waals surface area contributed by atoms with Gasteiger partial charge in [0.2, 0.25) is 0 Å². The summed E-state index contributed by atoms with van der Waals surface area (Å²) in [5.41, 5.74) is 5.82. The number of benzene rings is 1. The van der Waals surface area contributed by atoms with Crippen LogP contribution in [0, 0.1) is 15.9 Å². The molecule has 112 valence electrons. The zero-order chi connectivity index (χ0) is 15.4. The van der Waals surface area contributed by atoms with Crippen molar-refractivity contribution in [2.45, 2.75) is 30.9 Å². The summed E-state index contributed by atoms with van der Waals surface area (Å²) >= 11 is 1.33. The lowest BCUT2D eigenvalue weighted by Crippen LogP contribution is -2.08. The molecule has 0 saturated carbocycles. The fourth-order valence-electron chi connectivity index (χ4n) is 1.86. The maximum absolute atomic E-state index is 13.4. The van der Waals surface area contributed by atoms with Crippen LogP contribution in [0.2, 0.25) is 0 Å². The van der Waals surface area contributed by atoms with Gasteiger partial charge in [-0.25, -0.2) is 4.39 Å². The molecule has 21 heavy (non-hydrogen) atoms. The molecule has 1 heterocycles. The van der Waals surface area contributed by atoms with Gasteiger partial charge in [-0.05, 0) is 18.6 Å². The van der Waals surface area contributed by atoms with Crippen LogP contribution in [0.4, 0.5) is 10.1 Å². The number of nitro groups is 1. The topological polar surface area (TPSA) is 99.9 Å². The fraction of sp³-hybridized carbons (Fsp3) is 0.333. The van der Waals surface area contributed by atoms with E-state index >= 15 is 0 Å². The molecule has 1 aromatic heterocycles. The highest BCUT2D eigenvalue weighted by atomic mass is 32.2.